The lowest BCUT2D eigenvalue weighted by atomic mass is 9.91. The van der Waals surface area contributed by atoms with E-state index in [2.05, 4.69) is 39.6 Å². The van der Waals surface area contributed by atoms with Gasteiger partial charge in [0.25, 0.3) is 0 Å². The Bertz CT molecular complexity index is 797. The molecule has 0 fully saturated rings. The van der Waals surface area contributed by atoms with E-state index < -0.39 is 6.10 Å². The minimum absolute atomic E-state index is 0.415. The van der Waals surface area contributed by atoms with Crippen molar-refractivity contribution in [2.24, 2.45) is 0 Å². The maximum atomic E-state index is 10.3. The van der Waals surface area contributed by atoms with E-state index in [1.165, 1.54) is 22.2 Å². The van der Waals surface area contributed by atoms with Gasteiger partial charge in [-0.2, -0.15) is 0 Å². The first kappa shape index (κ1) is 14.4. The number of fused-ring (bicyclic) bond motifs is 3. The standard InChI is InChI=1S/C19H21N3O/c23-19(13-7-9-20-10-8-13)12-21-14-5-6-18-16(11-14)15-3-1-2-4-17(15)22-18/h1-4,7-10,14,19,21-23H,5-6,11-12H2. The van der Waals surface area contributed by atoms with E-state index in [4.69, 9.17) is 0 Å². The molecule has 118 valence electrons. The number of nitrogens with one attached hydrogen (secondary N) is 2. The van der Waals surface area contributed by atoms with Gasteiger partial charge in [0.15, 0.2) is 0 Å². The fraction of sp³-hybridized carbons (Fsp3) is 0.316. The van der Waals surface area contributed by atoms with Crippen LogP contribution in [0.1, 0.15) is 29.3 Å². The summed E-state index contributed by atoms with van der Waals surface area (Å²) in [6.07, 6.45) is 6.13. The minimum atomic E-state index is -0.484. The number of rotatable bonds is 4. The summed E-state index contributed by atoms with van der Waals surface area (Å²) in [5.41, 5.74) is 4.95. The monoisotopic (exact) mass is 307 g/mol. The summed E-state index contributed by atoms with van der Waals surface area (Å²) < 4.78 is 0. The summed E-state index contributed by atoms with van der Waals surface area (Å²) in [6.45, 7) is 0.576. The largest absolute Gasteiger partial charge is 0.387 e. The number of pyridine rings is 1. The van der Waals surface area contributed by atoms with Crippen molar-refractivity contribution in [3.63, 3.8) is 0 Å². The fourth-order valence-corrected chi connectivity index (χ4v) is 3.53. The lowest BCUT2D eigenvalue weighted by molar-refractivity contribution is 0.168. The third-order valence-corrected chi connectivity index (χ3v) is 4.79. The van der Waals surface area contributed by atoms with Crippen LogP contribution in [0.5, 0.6) is 0 Å². The molecule has 2 unspecified atom stereocenters. The van der Waals surface area contributed by atoms with Crippen LogP contribution in [0.25, 0.3) is 10.9 Å². The Balaban J connectivity index is 1.44. The van der Waals surface area contributed by atoms with Crippen molar-refractivity contribution >= 4 is 10.9 Å². The van der Waals surface area contributed by atoms with Crippen LogP contribution < -0.4 is 5.32 Å². The van der Waals surface area contributed by atoms with E-state index in [9.17, 15) is 5.11 Å². The van der Waals surface area contributed by atoms with Gasteiger partial charge in [0.2, 0.25) is 0 Å². The van der Waals surface area contributed by atoms with E-state index in [0.29, 0.717) is 12.6 Å². The van der Waals surface area contributed by atoms with E-state index in [1.54, 1.807) is 12.4 Å². The van der Waals surface area contributed by atoms with Gasteiger partial charge in [0, 0.05) is 41.6 Å². The number of hydrogen-bond donors (Lipinski definition) is 3. The molecule has 2 atom stereocenters. The molecule has 1 aromatic carbocycles. The van der Waals surface area contributed by atoms with Crippen LogP contribution in [-0.2, 0) is 12.8 Å². The zero-order chi connectivity index (χ0) is 15.6. The molecule has 4 nitrogen and oxygen atoms in total. The minimum Gasteiger partial charge on any atom is -0.387 e. The molecule has 4 heteroatoms. The fourth-order valence-electron chi connectivity index (χ4n) is 3.53. The smallest absolute Gasteiger partial charge is 0.0915 e. The highest BCUT2D eigenvalue weighted by atomic mass is 16.3. The Kier molecular flexibility index (Phi) is 3.85. The van der Waals surface area contributed by atoms with Gasteiger partial charge >= 0.3 is 0 Å². The molecule has 3 N–H and O–H groups in total. The van der Waals surface area contributed by atoms with E-state index in [1.807, 2.05) is 12.1 Å². The molecule has 2 aromatic heterocycles. The van der Waals surface area contributed by atoms with E-state index in [0.717, 1.165) is 24.8 Å². The Labute approximate surface area is 135 Å². The lowest BCUT2D eigenvalue weighted by Gasteiger charge is -2.25. The van der Waals surface area contributed by atoms with Crippen LogP contribution in [-0.4, -0.2) is 27.7 Å². The normalized spacial score (nSPS) is 18.7. The van der Waals surface area contributed by atoms with Crippen LogP contribution in [0.3, 0.4) is 0 Å². The molecule has 0 spiro atoms. The van der Waals surface area contributed by atoms with Crippen molar-refractivity contribution < 1.29 is 5.11 Å². The van der Waals surface area contributed by atoms with Crippen LogP contribution in [0.15, 0.2) is 48.8 Å². The Morgan fingerprint density at radius 3 is 2.91 bits per heavy atom. The predicted octanol–water partition coefficient (Wildman–Crippen LogP) is 2.74. The third kappa shape index (κ3) is 2.87. The van der Waals surface area contributed by atoms with Crippen molar-refractivity contribution in [2.45, 2.75) is 31.4 Å². The summed E-state index contributed by atoms with van der Waals surface area (Å²) in [6, 6.07) is 12.7. The first-order valence-corrected chi connectivity index (χ1v) is 8.21. The first-order valence-electron chi connectivity index (χ1n) is 8.21. The summed E-state index contributed by atoms with van der Waals surface area (Å²) >= 11 is 0. The van der Waals surface area contributed by atoms with Crippen molar-refractivity contribution in [1.29, 1.82) is 0 Å². The molecule has 0 saturated carbocycles. The number of aliphatic hydroxyl groups is 1. The van der Waals surface area contributed by atoms with Gasteiger partial charge in [-0.25, -0.2) is 0 Å². The number of aromatic amines is 1. The summed E-state index contributed by atoms with van der Waals surface area (Å²) in [5, 5.41) is 15.1. The number of benzene rings is 1. The number of nitrogens with zero attached hydrogens (tertiary/aromatic N) is 1. The highest BCUT2D eigenvalue weighted by Crippen LogP contribution is 2.29. The van der Waals surface area contributed by atoms with Gasteiger partial charge in [0.1, 0.15) is 0 Å². The molecule has 0 radical (unpaired) electrons. The Morgan fingerprint density at radius 2 is 2.04 bits per heavy atom. The maximum absolute atomic E-state index is 10.3. The average molecular weight is 307 g/mol. The lowest BCUT2D eigenvalue weighted by Crippen LogP contribution is -2.37. The number of hydrogen-bond acceptors (Lipinski definition) is 3. The topological polar surface area (TPSA) is 60.9 Å². The maximum Gasteiger partial charge on any atom is 0.0915 e. The molecular weight excluding hydrogens is 286 g/mol. The second-order valence-electron chi connectivity index (χ2n) is 6.27. The molecule has 4 rings (SSSR count). The summed E-state index contributed by atoms with van der Waals surface area (Å²) in [7, 11) is 0. The number of para-hydroxylation sites is 1. The average Bonchev–Trinajstić information content (AvgIpc) is 2.98. The van der Waals surface area contributed by atoms with Gasteiger partial charge in [-0.15, -0.1) is 0 Å². The quantitative estimate of drug-likeness (QED) is 0.694. The molecule has 2 heterocycles. The highest BCUT2D eigenvalue weighted by Gasteiger charge is 2.22. The van der Waals surface area contributed by atoms with Crippen molar-refractivity contribution in [3.8, 4) is 0 Å². The first-order chi connectivity index (χ1) is 11.3. The zero-order valence-electron chi connectivity index (χ0n) is 13.0. The van der Waals surface area contributed by atoms with Gasteiger partial charge in [0.05, 0.1) is 6.10 Å². The molecule has 0 bridgehead atoms. The molecule has 0 aliphatic heterocycles. The van der Waals surface area contributed by atoms with Gasteiger partial charge in [-0.3, -0.25) is 4.98 Å². The van der Waals surface area contributed by atoms with Crippen LogP contribution in [0, 0.1) is 0 Å². The third-order valence-electron chi connectivity index (χ3n) is 4.79. The second kappa shape index (κ2) is 6.14. The number of aromatic nitrogens is 2. The molecular formula is C19H21N3O. The molecule has 0 saturated heterocycles. The van der Waals surface area contributed by atoms with Gasteiger partial charge < -0.3 is 15.4 Å². The second-order valence-corrected chi connectivity index (χ2v) is 6.27. The van der Waals surface area contributed by atoms with Gasteiger partial charge in [-0.05, 0) is 48.6 Å². The molecule has 23 heavy (non-hydrogen) atoms. The number of H-pyrrole nitrogens is 1. The zero-order valence-corrected chi connectivity index (χ0v) is 13.0. The van der Waals surface area contributed by atoms with Crippen molar-refractivity contribution in [3.05, 3.63) is 65.6 Å². The van der Waals surface area contributed by atoms with Crippen LogP contribution >= 0.6 is 0 Å². The molecule has 1 aliphatic rings. The molecule has 0 amide bonds. The molecule has 3 aromatic rings. The number of aliphatic hydroxyl groups excluding tert-OH is 1. The van der Waals surface area contributed by atoms with Crippen molar-refractivity contribution in [1.82, 2.24) is 15.3 Å². The Morgan fingerprint density at radius 1 is 1.22 bits per heavy atom. The van der Waals surface area contributed by atoms with Gasteiger partial charge in [-0.1, -0.05) is 18.2 Å². The summed E-state index contributed by atoms with van der Waals surface area (Å²) in [5.74, 6) is 0. The molecule has 1 aliphatic carbocycles. The predicted molar refractivity (Wildman–Crippen MR) is 91.3 cm³/mol. The SMILES string of the molecule is OC(CNC1CCc2[nH]c3ccccc3c2C1)c1ccncc1. The van der Waals surface area contributed by atoms with Crippen LogP contribution in [0.4, 0.5) is 0 Å². The van der Waals surface area contributed by atoms with Crippen LogP contribution in [0.2, 0.25) is 0 Å². The van der Waals surface area contributed by atoms with E-state index >= 15 is 0 Å². The number of aryl methyl sites for hydroxylation is 1. The van der Waals surface area contributed by atoms with Crippen molar-refractivity contribution in [2.75, 3.05) is 6.54 Å². The Hall–Kier alpha value is -2.17. The highest BCUT2D eigenvalue weighted by molar-refractivity contribution is 5.84. The summed E-state index contributed by atoms with van der Waals surface area (Å²) in [4.78, 5) is 7.53. The van der Waals surface area contributed by atoms with E-state index in [-0.39, 0.29) is 0 Å².